The summed E-state index contributed by atoms with van der Waals surface area (Å²) < 4.78 is 0. The molecule has 2 heterocycles. The van der Waals surface area contributed by atoms with Gasteiger partial charge in [0.2, 0.25) is 5.91 Å². The molecule has 1 amide bonds. The molecule has 2 aliphatic rings. The second-order valence-electron chi connectivity index (χ2n) is 5.86. The Kier molecular flexibility index (Phi) is 5.15. The number of halogens is 3. The average molecular weight is 363 g/mol. The number of benzene rings is 1. The molecule has 2 fully saturated rings. The fourth-order valence-electron chi connectivity index (χ4n) is 3.21. The summed E-state index contributed by atoms with van der Waals surface area (Å²) in [5.74, 6) is -0.0771. The van der Waals surface area contributed by atoms with Crippen LogP contribution in [-0.2, 0) is 4.79 Å². The van der Waals surface area contributed by atoms with Gasteiger partial charge in [0, 0.05) is 25.7 Å². The van der Waals surface area contributed by atoms with E-state index in [0.717, 1.165) is 19.6 Å². The number of rotatable bonds is 3. The van der Waals surface area contributed by atoms with E-state index in [2.05, 4.69) is 15.1 Å². The van der Waals surface area contributed by atoms with Crippen molar-refractivity contribution < 1.29 is 4.79 Å². The van der Waals surface area contributed by atoms with E-state index in [-0.39, 0.29) is 5.91 Å². The maximum absolute atomic E-state index is 12.2. The first-order valence-electron chi connectivity index (χ1n) is 7.44. The van der Waals surface area contributed by atoms with E-state index in [9.17, 15) is 4.79 Å². The number of carbonyl (C=O) groups excluding carboxylic acids is 1. The Bertz CT molecular complexity index is 581. The van der Waals surface area contributed by atoms with E-state index in [0.29, 0.717) is 33.3 Å². The van der Waals surface area contributed by atoms with Crippen molar-refractivity contribution in [2.24, 2.45) is 0 Å². The zero-order valence-electron chi connectivity index (χ0n) is 12.1. The van der Waals surface area contributed by atoms with Gasteiger partial charge in [0.1, 0.15) is 0 Å². The molecule has 1 unspecified atom stereocenters. The third-order valence-electron chi connectivity index (χ3n) is 4.32. The van der Waals surface area contributed by atoms with Crippen LogP contribution in [0.25, 0.3) is 0 Å². The van der Waals surface area contributed by atoms with Gasteiger partial charge in [-0.3, -0.25) is 14.6 Å². The third kappa shape index (κ3) is 3.69. The predicted octanol–water partition coefficient (Wildman–Crippen LogP) is 3.37. The lowest BCUT2D eigenvalue weighted by Gasteiger charge is -2.37. The second kappa shape index (κ2) is 6.93. The first-order chi connectivity index (χ1) is 10.5. The van der Waals surface area contributed by atoms with E-state index in [1.807, 2.05) is 0 Å². The molecular weight excluding hydrogens is 345 g/mol. The molecule has 22 heavy (non-hydrogen) atoms. The van der Waals surface area contributed by atoms with Crippen molar-refractivity contribution in [1.82, 2.24) is 9.80 Å². The lowest BCUT2D eigenvalue weighted by molar-refractivity contribution is -0.117. The number of hydrogen-bond acceptors (Lipinski definition) is 3. The highest BCUT2D eigenvalue weighted by molar-refractivity contribution is 6.44. The van der Waals surface area contributed by atoms with Crippen molar-refractivity contribution in [2.45, 2.75) is 18.9 Å². The zero-order valence-corrected chi connectivity index (χ0v) is 14.4. The summed E-state index contributed by atoms with van der Waals surface area (Å²) in [6.07, 6.45) is 2.50. The van der Waals surface area contributed by atoms with Gasteiger partial charge < -0.3 is 5.32 Å². The molecular formula is C15H18Cl3N3O. The summed E-state index contributed by atoms with van der Waals surface area (Å²) in [5.41, 5.74) is 0.501. The highest BCUT2D eigenvalue weighted by atomic mass is 35.5. The molecule has 2 saturated heterocycles. The van der Waals surface area contributed by atoms with Crippen LogP contribution in [0.4, 0.5) is 5.69 Å². The largest absolute Gasteiger partial charge is 0.324 e. The highest BCUT2D eigenvalue weighted by Crippen LogP contribution is 2.32. The molecule has 1 aromatic carbocycles. The second-order valence-corrected chi connectivity index (χ2v) is 7.08. The van der Waals surface area contributed by atoms with E-state index in [1.54, 1.807) is 12.1 Å². The number of carbonyl (C=O) groups is 1. The summed E-state index contributed by atoms with van der Waals surface area (Å²) in [5, 5.41) is 3.96. The van der Waals surface area contributed by atoms with Gasteiger partial charge >= 0.3 is 0 Å². The molecule has 4 nitrogen and oxygen atoms in total. The number of piperazine rings is 1. The van der Waals surface area contributed by atoms with Gasteiger partial charge in [-0.05, 0) is 31.5 Å². The summed E-state index contributed by atoms with van der Waals surface area (Å²) in [4.78, 5) is 16.9. The Hall–Kier alpha value is -0.520. The van der Waals surface area contributed by atoms with Crippen LogP contribution in [0.2, 0.25) is 15.1 Å². The van der Waals surface area contributed by atoms with Crippen molar-refractivity contribution in [1.29, 1.82) is 0 Å². The van der Waals surface area contributed by atoms with Gasteiger partial charge in [-0.1, -0.05) is 34.8 Å². The van der Waals surface area contributed by atoms with Crippen molar-refractivity contribution >= 4 is 46.4 Å². The van der Waals surface area contributed by atoms with Gasteiger partial charge in [0.15, 0.2) is 0 Å². The summed E-state index contributed by atoms with van der Waals surface area (Å²) >= 11 is 17.9. The fourth-order valence-corrected chi connectivity index (χ4v) is 3.80. The molecule has 0 bridgehead atoms. The fraction of sp³-hybridized carbons (Fsp3) is 0.533. The van der Waals surface area contributed by atoms with Crippen LogP contribution in [0.15, 0.2) is 12.1 Å². The van der Waals surface area contributed by atoms with Crippen molar-refractivity contribution in [3.8, 4) is 0 Å². The van der Waals surface area contributed by atoms with Gasteiger partial charge in [-0.2, -0.15) is 0 Å². The van der Waals surface area contributed by atoms with E-state index in [4.69, 9.17) is 34.8 Å². The standard InChI is InChI=1S/C15H18Cl3N3O/c16-11-6-13(18)14(7-12(11)17)19-15(22)9-20-4-5-21-3-1-2-10(21)8-20/h6-7,10H,1-5,8-9H2,(H,19,22). The third-order valence-corrected chi connectivity index (χ3v) is 5.36. The Morgan fingerprint density at radius 1 is 1.14 bits per heavy atom. The first kappa shape index (κ1) is 16.3. The smallest absolute Gasteiger partial charge is 0.238 e. The molecule has 1 aromatic rings. The van der Waals surface area contributed by atoms with E-state index in [1.165, 1.54) is 19.4 Å². The zero-order chi connectivity index (χ0) is 15.7. The van der Waals surface area contributed by atoms with Crippen LogP contribution in [0.1, 0.15) is 12.8 Å². The molecule has 120 valence electrons. The number of hydrogen-bond donors (Lipinski definition) is 1. The average Bonchev–Trinajstić information content (AvgIpc) is 2.92. The number of anilines is 1. The molecule has 2 aliphatic heterocycles. The minimum atomic E-state index is -0.0771. The minimum absolute atomic E-state index is 0.0771. The SMILES string of the molecule is O=C(CN1CCN2CCCC2C1)Nc1cc(Cl)c(Cl)cc1Cl. The monoisotopic (exact) mass is 361 g/mol. The summed E-state index contributed by atoms with van der Waals surface area (Å²) in [6.45, 7) is 4.51. The van der Waals surface area contributed by atoms with Crippen molar-refractivity contribution in [3.63, 3.8) is 0 Å². The quantitative estimate of drug-likeness (QED) is 0.838. The number of amides is 1. The number of fused-ring (bicyclic) bond motifs is 1. The Morgan fingerprint density at radius 3 is 2.73 bits per heavy atom. The van der Waals surface area contributed by atoms with Crippen LogP contribution < -0.4 is 5.32 Å². The van der Waals surface area contributed by atoms with Crippen LogP contribution >= 0.6 is 34.8 Å². The predicted molar refractivity (Wildman–Crippen MR) is 91.1 cm³/mol. The molecule has 0 spiro atoms. The highest BCUT2D eigenvalue weighted by Gasteiger charge is 2.31. The molecule has 0 radical (unpaired) electrons. The van der Waals surface area contributed by atoms with Gasteiger partial charge in [0.25, 0.3) is 0 Å². The maximum atomic E-state index is 12.2. The van der Waals surface area contributed by atoms with Crippen LogP contribution in [0.5, 0.6) is 0 Å². The van der Waals surface area contributed by atoms with Gasteiger partial charge in [0.05, 0.1) is 27.3 Å². The molecule has 0 aromatic heterocycles. The molecule has 1 N–H and O–H groups in total. The van der Waals surface area contributed by atoms with E-state index < -0.39 is 0 Å². The summed E-state index contributed by atoms with van der Waals surface area (Å²) in [6, 6.07) is 3.73. The molecule has 3 rings (SSSR count). The van der Waals surface area contributed by atoms with Crippen LogP contribution in [0, 0.1) is 0 Å². The van der Waals surface area contributed by atoms with Crippen molar-refractivity contribution in [2.75, 3.05) is 38.0 Å². The van der Waals surface area contributed by atoms with Gasteiger partial charge in [-0.25, -0.2) is 0 Å². The molecule has 7 heteroatoms. The Morgan fingerprint density at radius 2 is 1.91 bits per heavy atom. The minimum Gasteiger partial charge on any atom is -0.324 e. The van der Waals surface area contributed by atoms with Crippen molar-refractivity contribution in [3.05, 3.63) is 27.2 Å². The Labute approximate surface area is 145 Å². The maximum Gasteiger partial charge on any atom is 0.238 e. The number of nitrogens with zero attached hydrogens (tertiary/aromatic N) is 2. The first-order valence-corrected chi connectivity index (χ1v) is 8.57. The van der Waals surface area contributed by atoms with Crippen LogP contribution in [-0.4, -0.2) is 54.5 Å². The normalized spacial score (nSPS) is 22.6. The molecule has 0 aliphatic carbocycles. The number of nitrogens with one attached hydrogen (secondary N) is 1. The van der Waals surface area contributed by atoms with Gasteiger partial charge in [-0.15, -0.1) is 0 Å². The molecule has 0 saturated carbocycles. The lowest BCUT2D eigenvalue weighted by Crippen LogP contribution is -2.51. The topological polar surface area (TPSA) is 35.6 Å². The lowest BCUT2D eigenvalue weighted by atomic mass is 10.1. The molecule has 1 atom stereocenters. The summed E-state index contributed by atoms with van der Waals surface area (Å²) in [7, 11) is 0. The van der Waals surface area contributed by atoms with Crippen LogP contribution in [0.3, 0.4) is 0 Å². The van der Waals surface area contributed by atoms with E-state index >= 15 is 0 Å². The Balaban J connectivity index is 1.57.